The van der Waals surface area contributed by atoms with Crippen LogP contribution in [-0.4, -0.2) is 10.9 Å². The second kappa shape index (κ2) is 9.76. The first-order valence-electron chi connectivity index (χ1n) is 7.70. The molecule has 0 aliphatic heterocycles. The molecule has 0 saturated heterocycles. The van der Waals surface area contributed by atoms with Crippen LogP contribution in [0.1, 0.15) is 87.7 Å². The molecule has 19 heavy (non-hydrogen) atoms. The molecular weight excluding hydrogens is 238 g/mol. The molecule has 1 aromatic rings. The van der Waals surface area contributed by atoms with Crippen molar-refractivity contribution in [3.05, 3.63) is 17.5 Å². The summed E-state index contributed by atoms with van der Waals surface area (Å²) in [5.74, 6) is -0.000302. The summed E-state index contributed by atoms with van der Waals surface area (Å²) in [7, 11) is 0. The Morgan fingerprint density at radius 3 is 2.21 bits per heavy atom. The van der Waals surface area contributed by atoms with Crippen molar-refractivity contribution in [2.75, 3.05) is 0 Å². The zero-order valence-corrected chi connectivity index (χ0v) is 12.4. The summed E-state index contributed by atoms with van der Waals surface area (Å²) in [5, 5.41) is 3.75. The monoisotopic (exact) mass is 265 g/mol. The Hall–Kier alpha value is -1.12. The topological polar surface area (TPSA) is 43.1 Å². The summed E-state index contributed by atoms with van der Waals surface area (Å²) in [6.07, 6.45) is 14.3. The highest BCUT2D eigenvalue weighted by molar-refractivity contribution is 5.93. The van der Waals surface area contributed by atoms with E-state index in [0.717, 1.165) is 18.4 Å². The van der Waals surface area contributed by atoms with Gasteiger partial charge in [-0.1, -0.05) is 63.4 Å². The second-order valence-corrected chi connectivity index (χ2v) is 5.32. The number of rotatable bonds is 11. The molecule has 1 rings (SSSR count). The van der Waals surface area contributed by atoms with E-state index in [9.17, 15) is 4.79 Å². The van der Waals surface area contributed by atoms with E-state index in [2.05, 4.69) is 12.1 Å². The minimum atomic E-state index is -0.000302. The van der Waals surface area contributed by atoms with Gasteiger partial charge in [-0.15, -0.1) is 0 Å². The zero-order chi connectivity index (χ0) is 13.9. The van der Waals surface area contributed by atoms with Gasteiger partial charge in [-0.05, 0) is 12.8 Å². The number of hydrogen-bond acceptors (Lipinski definition) is 3. The molecule has 0 aliphatic rings. The van der Waals surface area contributed by atoms with Gasteiger partial charge in [0.15, 0.2) is 11.5 Å². The molecule has 3 nitrogen and oxygen atoms in total. The quantitative estimate of drug-likeness (QED) is 0.420. The van der Waals surface area contributed by atoms with Gasteiger partial charge >= 0.3 is 0 Å². The molecule has 0 N–H and O–H groups in total. The number of hydrogen-bond donors (Lipinski definition) is 0. The number of carbonyl (C=O) groups is 1. The Morgan fingerprint density at radius 2 is 1.63 bits per heavy atom. The fraction of sp³-hybridized carbons (Fsp3) is 0.750. The normalized spacial score (nSPS) is 10.8. The van der Waals surface area contributed by atoms with Gasteiger partial charge in [-0.25, -0.2) is 0 Å². The van der Waals surface area contributed by atoms with Crippen molar-refractivity contribution in [2.24, 2.45) is 0 Å². The smallest absolute Gasteiger partial charge is 0.181 e. The van der Waals surface area contributed by atoms with E-state index in [1.54, 1.807) is 6.26 Å². The highest BCUT2D eigenvalue weighted by Crippen LogP contribution is 2.14. The van der Waals surface area contributed by atoms with Crippen LogP contribution in [0.3, 0.4) is 0 Å². The van der Waals surface area contributed by atoms with Gasteiger partial charge in [0, 0.05) is 12.5 Å². The number of aryl methyl sites for hydroxylation is 1. The molecule has 0 atom stereocenters. The van der Waals surface area contributed by atoms with Crippen molar-refractivity contribution in [1.82, 2.24) is 5.16 Å². The lowest BCUT2D eigenvalue weighted by Gasteiger charge is -2.01. The summed E-state index contributed by atoms with van der Waals surface area (Å²) < 4.78 is 4.87. The van der Waals surface area contributed by atoms with Crippen LogP contribution in [0.4, 0.5) is 0 Å². The first kappa shape index (κ1) is 15.9. The molecule has 1 heterocycles. The summed E-state index contributed by atoms with van der Waals surface area (Å²) >= 11 is 0. The van der Waals surface area contributed by atoms with Crippen LogP contribution in [-0.2, 0) is 6.42 Å². The van der Waals surface area contributed by atoms with Crippen LogP contribution in [0, 0.1) is 0 Å². The van der Waals surface area contributed by atoms with Crippen molar-refractivity contribution in [1.29, 1.82) is 0 Å². The van der Waals surface area contributed by atoms with E-state index in [1.165, 1.54) is 58.3 Å². The molecule has 0 saturated carbocycles. The van der Waals surface area contributed by atoms with E-state index in [0.29, 0.717) is 5.69 Å². The van der Waals surface area contributed by atoms with Gasteiger partial charge in [-0.3, -0.25) is 4.79 Å². The van der Waals surface area contributed by atoms with Crippen LogP contribution >= 0.6 is 0 Å². The van der Waals surface area contributed by atoms with Crippen LogP contribution in [0.5, 0.6) is 0 Å². The van der Waals surface area contributed by atoms with E-state index >= 15 is 0 Å². The third-order valence-electron chi connectivity index (χ3n) is 3.53. The molecule has 0 fully saturated rings. The van der Waals surface area contributed by atoms with E-state index < -0.39 is 0 Å². The van der Waals surface area contributed by atoms with E-state index in [1.807, 2.05) is 0 Å². The minimum Gasteiger partial charge on any atom is -0.364 e. The van der Waals surface area contributed by atoms with Gasteiger partial charge in [0.2, 0.25) is 0 Å². The molecule has 108 valence electrons. The molecule has 0 radical (unpaired) electrons. The Morgan fingerprint density at radius 1 is 1.05 bits per heavy atom. The van der Waals surface area contributed by atoms with Crippen LogP contribution in [0.2, 0.25) is 0 Å². The molecule has 0 amide bonds. The molecule has 3 heteroatoms. The van der Waals surface area contributed by atoms with Gasteiger partial charge in [0.05, 0.1) is 0 Å². The Bertz CT molecular complexity index is 357. The maximum absolute atomic E-state index is 11.3. The maximum Gasteiger partial charge on any atom is 0.181 e. The molecule has 0 bridgehead atoms. The highest BCUT2D eigenvalue weighted by atomic mass is 16.5. The number of ketones is 1. The number of carbonyl (C=O) groups excluding carboxylic acids is 1. The highest BCUT2D eigenvalue weighted by Gasteiger charge is 2.11. The third-order valence-corrected chi connectivity index (χ3v) is 3.53. The van der Waals surface area contributed by atoms with Crippen molar-refractivity contribution in [3.8, 4) is 0 Å². The first-order chi connectivity index (χ1) is 9.25. The molecule has 0 aromatic carbocycles. The Balaban J connectivity index is 2.02. The van der Waals surface area contributed by atoms with Gasteiger partial charge in [0.1, 0.15) is 6.26 Å². The van der Waals surface area contributed by atoms with Crippen LogP contribution in [0.25, 0.3) is 0 Å². The predicted molar refractivity (Wildman–Crippen MR) is 77.4 cm³/mol. The lowest BCUT2D eigenvalue weighted by atomic mass is 10.0. The van der Waals surface area contributed by atoms with Gasteiger partial charge in [0.25, 0.3) is 0 Å². The lowest BCUT2D eigenvalue weighted by Crippen LogP contribution is -1.98. The van der Waals surface area contributed by atoms with Crippen LogP contribution < -0.4 is 0 Å². The fourth-order valence-electron chi connectivity index (χ4n) is 2.35. The number of aromatic nitrogens is 1. The predicted octanol–water partition coefficient (Wildman–Crippen LogP) is 4.95. The first-order valence-corrected chi connectivity index (χ1v) is 7.70. The number of nitrogens with zero attached hydrogens (tertiary/aromatic N) is 1. The average Bonchev–Trinajstić information content (AvgIpc) is 2.85. The van der Waals surface area contributed by atoms with Crippen LogP contribution in [0.15, 0.2) is 10.8 Å². The second-order valence-electron chi connectivity index (χ2n) is 5.32. The number of Topliss-reactive ketones (excluding diaryl/α,β-unsaturated/α-hetero) is 1. The lowest BCUT2D eigenvalue weighted by molar-refractivity contribution is 0.100. The van der Waals surface area contributed by atoms with Crippen molar-refractivity contribution in [2.45, 2.75) is 78.1 Å². The van der Waals surface area contributed by atoms with E-state index in [4.69, 9.17) is 4.52 Å². The Labute approximate surface area is 116 Å². The van der Waals surface area contributed by atoms with Crippen molar-refractivity contribution < 1.29 is 9.32 Å². The minimum absolute atomic E-state index is 0.000302. The fourth-order valence-corrected chi connectivity index (χ4v) is 2.35. The summed E-state index contributed by atoms with van der Waals surface area (Å²) in [6.45, 7) is 3.79. The van der Waals surface area contributed by atoms with Crippen molar-refractivity contribution in [3.63, 3.8) is 0 Å². The Kier molecular flexibility index (Phi) is 8.19. The molecule has 0 aliphatic carbocycles. The molecular formula is C16H27NO2. The van der Waals surface area contributed by atoms with Gasteiger partial charge < -0.3 is 4.52 Å². The largest absolute Gasteiger partial charge is 0.364 e. The molecule has 1 aromatic heterocycles. The summed E-state index contributed by atoms with van der Waals surface area (Å²) in [4.78, 5) is 11.3. The maximum atomic E-state index is 11.3. The zero-order valence-electron chi connectivity index (χ0n) is 12.4. The van der Waals surface area contributed by atoms with Crippen molar-refractivity contribution >= 4 is 5.78 Å². The summed E-state index contributed by atoms with van der Waals surface area (Å²) in [5.41, 5.74) is 1.48. The molecule has 0 spiro atoms. The average molecular weight is 265 g/mol. The third kappa shape index (κ3) is 6.55. The molecule has 0 unspecified atom stereocenters. The van der Waals surface area contributed by atoms with E-state index in [-0.39, 0.29) is 5.78 Å². The standard InChI is InChI=1S/C16H27NO2/c1-3-4-5-6-7-8-9-10-11-12-15-13-19-17-16(15)14(2)18/h13H,3-12H2,1-2H3. The summed E-state index contributed by atoms with van der Waals surface area (Å²) in [6, 6.07) is 0. The number of unbranched alkanes of at least 4 members (excludes halogenated alkanes) is 8. The SMILES string of the molecule is CCCCCCCCCCCc1conc1C(C)=O. The van der Waals surface area contributed by atoms with Gasteiger partial charge in [-0.2, -0.15) is 0 Å².